The topological polar surface area (TPSA) is 56.5 Å². The molecule has 0 bridgehead atoms. The van der Waals surface area contributed by atoms with Crippen molar-refractivity contribution in [3.63, 3.8) is 0 Å². The van der Waals surface area contributed by atoms with Crippen LogP contribution in [-0.2, 0) is 9.39 Å². The van der Waals surface area contributed by atoms with Gasteiger partial charge in [-0.2, -0.15) is 5.10 Å². The molecule has 1 aromatic carbocycles. The zero-order valence-corrected chi connectivity index (χ0v) is 11.0. The average Bonchev–Trinajstić information content (AvgIpc) is 2.87. The van der Waals surface area contributed by atoms with Crippen molar-refractivity contribution in [1.29, 1.82) is 0 Å². The van der Waals surface area contributed by atoms with E-state index in [9.17, 15) is 5.02 Å². The molecule has 19 heavy (non-hydrogen) atoms. The quantitative estimate of drug-likeness (QED) is 0.839. The molecule has 3 rings (SSSR count). The number of nitrogens with zero attached hydrogens (tertiary/aromatic N) is 2. The third kappa shape index (κ3) is 2.27. The minimum atomic E-state index is -1.00. The standard InChI is InChI=1S/C13H17BN2O3/c1-18-14(17)13-10-6-2-3-7-11(10)16(15-13)12-8-4-5-9-19-12/h2-3,6-7,12,17H,4-5,8-9H2,1H3. The van der Waals surface area contributed by atoms with Gasteiger partial charge in [-0.25, -0.2) is 4.68 Å². The Morgan fingerprint density at radius 2 is 2.26 bits per heavy atom. The molecule has 0 spiro atoms. The van der Waals surface area contributed by atoms with Crippen LogP contribution in [0.5, 0.6) is 0 Å². The summed E-state index contributed by atoms with van der Waals surface area (Å²) in [5, 5.41) is 15.3. The van der Waals surface area contributed by atoms with E-state index in [2.05, 4.69) is 5.10 Å². The SMILES string of the molecule is COB(O)c1nn(C2CCCCO2)c2ccccc12. The smallest absolute Gasteiger partial charge is 0.422 e. The molecule has 0 saturated carbocycles. The predicted octanol–water partition coefficient (Wildman–Crippen LogP) is 1.07. The number of hydrogen-bond donors (Lipinski definition) is 1. The first-order chi connectivity index (χ1) is 9.31. The predicted molar refractivity (Wildman–Crippen MR) is 73.2 cm³/mol. The minimum absolute atomic E-state index is 0.0449. The summed E-state index contributed by atoms with van der Waals surface area (Å²) in [5.74, 6) is 0. The van der Waals surface area contributed by atoms with Crippen molar-refractivity contribution in [2.45, 2.75) is 25.5 Å². The van der Waals surface area contributed by atoms with Gasteiger partial charge in [-0.05, 0) is 25.3 Å². The maximum Gasteiger partial charge on any atom is 0.513 e. The van der Waals surface area contributed by atoms with Crippen LogP contribution in [0.3, 0.4) is 0 Å². The van der Waals surface area contributed by atoms with Crippen LogP contribution in [0.15, 0.2) is 24.3 Å². The fourth-order valence-corrected chi connectivity index (χ4v) is 2.54. The first-order valence-electron chi connectivity index (χ1n) is 6.61. The Balaban J connectivity index is 2.08. The molecule has 1 aromatic heterocycles. The van der Waals surface area contributed by atoms with E-state index in [1.165, 1.54) is 7.11 Å². The molecule has 2 aromatic rings. The van der Waals surface area contributed by atoms with Crippen LogP contribution in [0.4, 0.5) is 0 Å². The van der Waals surface area contributed by atoms with Crippen molar-refractivity contribution < 1.29 is 14.4 Å². The number of rotatable bonds is 3. The van der Waals surface area contributed by atoms with E-state index in [0.717, 1.165) is 36.8 Å². The van der Waals surface area contributed by atoms with Gasteiger partial charge in [0.15, 0.2) is 6.23 Å². The summed E-state index contributed by atoms with van der Waals surface area (Å²) in [6.45, 7) is 0.765. The van der Waals surface area contributed by atoms with Gasteiger partial charge < -0.3 is 14.4 Å². The van der Waals surface area contributed by atoms with Crippen molar-refractivity contribution >= 4 is 23.6 Å². The molecule has 6 heteroatoms. The lowest BCUT2D eigenvalue weighted by Gasteiger charge is -2.23. The van der Waals surface area contributed by atoms with Gasteiger partial charge in [0.1, 0.15) is 5.59 Å². The van der Waals surface area contributed by atoms with Crippen LogP contribution in [0.25, 0.3) is 10.9 Å². The summed E-state index contributed by atoms with van der Waals surface area (Å²) in [4.78, 5) is 0. The lowest BCUT2D eigenvalue weighted by Crippen LogP contribution is -2.35. The van der Waals surface area contributed by atoms with Gasteiger partial charge in [0.05, 0.1) is 5.52 Å². The number of benzene rings is 1. The van der Waals surface area contributed by atoms with Crippen LogP contribution in [0, 0.1) is 0 Å². The molecule has 100 valence electrons. The molecule has 1 fully saturated rings. The Kier molecular flexibility index (Phi) is 3.55. The van der Waals surface area contributed by atoms with E-state index in [1.54, 1.807) is 0 Å². The molecule has 0 amide bonds. The molecule has 1 unspecified atom stereocenters. The molecular weight excluding hydrogens is 243 g/mol. The fraction of sp³-hybridized carbons (Fsp3) is 0.462. The van der Waals surface area contributed by atoms with Crippen LogP contribution >= 0.6 is 0 Å². The number of fused-ring (bicyclic) bond motifs is 1. The molecule has 1 N–H and O–H groups in total. The second kappa shape index (κ2) is 5.32. The largest absolute Gasteiger partial charge is 0.513 e. The molecule has 1 saturated heterocycles. The summed E-state index contributed by atoms with van der Waals surface area (Å²) in [6.07, 6.45) is 3.15. The van der Waals surface area contributed by atoms with Gasteiger partial charge in [0, 0.05) is 19.1 Å². The number of ether oxygens (including phenoxy) is 1. The molecule has 1 aliphatic heterocycles. The lowest BCUT2D eigenvalue weighted by molar-refractivity contribution is -0.0364. The van der Waals surface area contributed by atoms with E-state index in [0.29, 0.717) is 5.59 Å². The summed E-state index contributed by atoms with van der Waals surface area (Å²) >= 11 is 0. The normalized spacial score (nSPS) is 19.8. The molecule has 1 aliphatic rings. The third-order valence-electron chi connectivity index (χ3n) is 3.53. The van der Waals surface area contributed by atoms with Crippen molar-refractivity contribution in [2.24, 2.45) is 0 Å². The second-order valence-corrected chi connectivity index (χ2v) is 4.76. The average molecular weight is 260 g/mol. The molecule has 2 heterocycles. The van der Waals surface area contributed by atoms with Gasteiger partial charge in [0.25, 0.3) is 0 Å². The number of para-hydroxylation sites is 1. The van der Waals surface area contributed by atoms with E-state index in [-0.39, 0.29) is 6.23 Å². The number of aromatic nitrogens is 2. The molecule has 0 aliphatic carbocycles. The van der Waals surface area contributed by atoms with Gasteiger partial charge in [-0.1, -0.05) is 18.2 Å². The van der Waals surface area contributed by atoms with Crippen LogP contribution < -0.4 is 5.59 Å². The summed E-state index contributed by atoms with van der Waals surface area (Å²) < 4.78 is 12.6. The molecule has 0 radical (unpaired) electrons. The lowest BCUT2D eigenvalue weighted by atomic mass is 9.83. The highest BCUT2D eigenvalue weighted by atomic mass is 16.5. The van der Waals surface area contributed by atoms with Gasteiger partial charge >= 0.3 is 7.12 Å². The van der Waals surface area contributed by atoms with E-state index in [1.807, 2.05) is 28.9 Å². The Morgan fingerprint density at radius 3 is 3.00 bits per heavy atom. The Bertz CT molecular complexity index is 566. The van der Waals surface area contributed by atoms with Gasteiger partial charge in [-0.15, -0.1) is 0 Å². The monoisotopic (exact) mass is 260 g/mol. The zero-order valence-electron chi connectivity index (χ0n) is 11.0. The zero-order chi connectivity index (χ0) is 13.2. The fourth-order valence-electron chi connectivity index (χ4n) is 2.54. The first kappa shape index (κ1) is 12.7. The maximum absolute atomic E-state index is 9.90. The Morgan fingerprint density at radius 1 is 1.42 bits per heavy atom. The van der Waals surface area contributed by atoms with E-state index < -0.39 is 7.12 Å². The van der Waals surface area contributed by atoms with Crippen LogP contribution in [0.1, 0.15) is 25.5 Å². The second-order valence-electron chi connectivity index (χ2n) is 4.76. The van der Waals surface area contributed by atoms with Gasteiger partial charge in [-0.3, -0.25) is 0 Å². The summed E-state index contributed by atoms with van der Waals surface area (Å²) in [7, 11) is 0.463. The van der Waals surface area contributed by atoms with Crippen molar-refractivity contribution in [1.82, 2.24) is 9.78 Å². The van der Waals surface area contributed by atoms with Crippen LogP contribution in [0.2, 0.25) is 0 Å². The molecular formula is C13H17BN2O3. The highest BCUT2D eigenvalue weighted by Gasteiger charge is 2.26. The first-order valence-corrected chi connectivity index (χ1v) is 6.61. The number of hydrogen-bond acceptors (Lipinski definition) is 4. The summed E-state index contributed by atoms with van der Waals surface area (Å²) in [5.41, 5.74) is 1.52. The minimum Gasteiger partial charge on any atom is -0.422 e. The highest BCUT2D eigenvalue weighted by molar-refractivity contribution is 6.62. The van der Waals surface area contributed by atoms with Crippen molar-refractivity contribution in [2.75, 3.05) is 13.7 Å². The van der Waals surface area contributed by atoms with Crippen molar-refractivity contribution in [3.8, 4) is 0 Å². The third-order valence-corrected chi connectivity index (χ3v) is 3.53. The van der Waals surface area contributed by atoms with E-state index >= 15 is 0 Å². The molecule has 5 nitrogen and oxygen atoms in total. The van der Waals surface area contributed by atoms with Gasteiger partial charge in [0.2, 0.25) is 0 Å². The van der Waals surface area contributed by atoms with Crippen LogP contribution in [-0.4, -0.2) is 35.6 Å². The van der Waals surface area contributed by atoms with Crippen molar-refractivity contribution in [3.05, 3.63) is 24.3 Å². The summed E-state index contributed by atoms with van der Waals surface area (Å²) in [6, 6.07) is 7.83. The Labute approximate surface area is 112 Å². The van der Waals surface area contributed by atoms with E-state index in [4.69, 9.17) is 9.39 Å². The highest BCUT2D eigenvalue weighted by Crippen LogP contribution is 2.25. The Hall–Kier alpha value is -1.37. The molecule has 1 atom stereocenters. The maximum atomic E-state index is 9.90.